The van der Waals surface area contributed by atoms with Crippen LogP contribution in [0.15, 0.2) is 18.2 Å². The zero-order valence-corrected chi connectivity index (χ0v) is 9.86. The van der Waals surface area contributed by atoms with Gasteiger partial charge in [0.15, 0.2) is 0 Å². The number of hydrogen-bond donors (Lipinski definition) is 2. The second-order valence-corrected chi connectivity index (χ2v) is 4.26. The molecule has 0 bridgehead atoms. The quantitative estimate of drug-likeness (QED) is 0.799. The lowest BCUT2D eigenvalue weighted by Gasteiger charge is -2.13. The van der Waals surface area contributed by atoms with Crippen LogP contribution < -0.4 is 5.73 Å². The minimum absolute atomic E-state index is 0.0726. The normalized spacial score (nSPS) is 12.4. The van der Waals surface area contributed by atoms with Gasteiger partial charge in [-0.05, 0) is 43.4 Å². The molecule has 0 amide bonds. The smallest absolute Gasteiger partial charge is 0.303 e. The molecule has 0 aliphatic carbocycles. The van der Waals surface area contributed by atoms with E-state index in [0.29, 0.717) is 6.42 Å². The van der Waals surface area contributed by atoms with Gasteiger partial charge in [-0.25, -0.2) is 0 Å². The lowest BCUT2D eigenvalue weighted by atomic mass is 9.96. The van der Waals surface area contributed by atoms with Crippen molar-refractivity contribution in [3.8, 4) is 0 Å². The predicted octanol–water partition coefficient (Wildman–Crippen LogP) is 2.04. The molecule has 88 valence electrons. The molecule has 1 atom stereocenters. The molecule has 1 unspecified atom stereocenters. The molecule has 1 aromatic carbocycles. The maximum atomic E-state index is 10.4. The molecule has 0 aliphatic rings. The highest BCUT2D eigenvalue weighted by atomic mass is 16.4. The number of hydrogen-bond acceptors (Lipinski definition) is 2. The zero-order chi connectivity index (χ0) is 12.1. The summed E-state index contributed by atoms with van der Waals surface area (Å²) in [6.07, 6.45) is 1.43. The van der Waals surface area contributed by atoms with Crippen molar-refractivity contribution in [2.24, 2.45) is 5.73 Å². The van der Waals surface area contributed by atoms with Crippen LogP contribution in [-0.4, -0.2) is 17.1 Å². The molecule has 0 aromatic heterocycles. The Labute approximate surface area is 96.3 Å². The van der Waals surface area contributed by atoms with E-state index in [0.717, 1.165) is 6.42 Å². The van der Waals surface area contributed by atoms with Crippen molar-refractivity contribution in [3.63, 3.8) is 0 Å². The summed E-state index contributed by atoms with van der Waals surface area (Å²) in [5, 5.41) is 8.57. The SMILES string of the molecule is Cc1cccc(CC(N)CCC(=O)O)c1C. The second-order valence-electron chi connectivity index (χ2n) is 4.26. The van der Waals surface area contributed by atoms with Crippen LogP contribution in [0.2, 0.25) is 0 Å². The first-order valence-electron chi connectivity index (χ1n) is 5.53. The highest BCUT2D eigenvalue weighted by Gasteiger charge is 2.09. The lowest BCUT2D eigenvalue weighted by Crippen LogP contribution is -2.24. The second kappa shape index (κ2) is 5.66. The molecule has 0 aliphatic heterocycles. The van der Waals surface area contributed by atoms with E-state index in [4.69, 9.17) is 10.8 Å². The van der Waals surface area contributed by atoms with Gasteiger partial charge in [-0.15, -0.1) is 0 Å². The predicted molar refractivity (Wildman–Crippen MR) is 64.5 cm³/mol. The van der Waals surface area contributed by atoms with Gasteiger partial charge in [0, 0.05) is 12.5 Å². The van der Waals surface area contributed by atoms with Gasteiger partial charge >= 0.3 is 5.97 Å². The van der Waals surface area contributed by atoms with Crippen molar-refractivity contribution in [2.45, 2.75) is 39.2 Å². The van der Waals surface area contributed by atoms with E-state index in [1.54, 1.807) is 0 Å². The summed E-state index contributed by atoms with van der Waals surface area (Å²) in [7, 11) is 0. The summed E-state index contributed by atoms with van der Waals surface area (Å²) in [6.45, 7) is 4.15. The van der Waals surface area contributed by atoms with Crippen molar-refractivity contribution in [3.05, 3.63) is 34.9 Å². The maximum absolute atomic E-state index is 10.4. The summed E-state index contributed by atoms with van der Waals surface area (Å²) in [5.41, 5.74) is 9.64. The fraction of sp³-hybridized carbons (Fsp3) is 0.462. The highest BCUT2D eigenvalue weighted by molar-refractivity contribution is 5.66. The van der Waals surface area contributed by atoms with Crippen LogP contribution in [0.4, 0.5) is 0 Å². The maximum Gasteiger partial charge on any atom is 0.303 e. The Bertz CT molecular complexity index is 374. The van der Waals surface area contributed by atoms with E-state index in [1.165, 1.54) is 16.7 Å². The molecule has 1 rings (SSSR count). The van der Waals surface area contributed by atoms with Gasteiger partial charge in [0.2, 0.25) is 0 Å². The van der Waals surface area contributed by atoms with Crippen LogP contribution in [0, 0.1) is 13.8 Å². The van der Waals surface area contributed by atoms with Crippen LogP contribution >= 0.6 is 0 Å². The Morgan fingerprint density at radius 3 is 2.75 bits per heavy atom. The third kappa shape index (κ3) is 3.66. The van der Waals surface area contributed by atoms with E-state index in [-0.39, 0.29) is 12.5 Å². The van der Waals surface area contributed by atoms with Gasteiger partial charge in [-0.2, -0.15) is 0 Å². The van der Waals surface area contributed by atoms with E-state index in [9.17, 15) is 4.79 Å². The van der Waals surface area contributed by atoms with Gasteiger partial charge in [0.25, 0.3) is 0 Å². The molecule has 3 N–H and O–H groups in total. The Kier molecular flexibility index (Phi) is 4.50. The third-order valence-corrected chi connectivity index (χ3v) is 2.93. The summed E-state index contributed by atoms with van der Waals surface area (Å²) < 4.78 is 0. The molecule has 3 heteroatoms. The number of benzene rings is 1. The number of rotatable bonds is 5. The Morgan fingerprint density at radius 2 is 2.12 bits per heavy atom. The monoisotopic (exact) mass is 221 g/mol. The van der Waals surface area contributed by atoms with Crippen molar-refractivity contribution in [1.82, 2.24) is 0 Å². The van der Waals surface area contributed by atoms with Crippen LogP contribution in [0.25, 0.3) is 0 Å². The molecule has 0 heterocycles. The standard InChI is InChI=1S/C13H19NO2/c1-9-4-3-5-11(10(9)2)8-12(14)6-7-13(15)16/h3-5,12H,6-8,14H2,1-2H3,(H,15,16). The summed E-state index contributed by atoms with van der Waals surface area (Å²) in [6, 6.07) is 6.07. The summed E-state index contributed by atoms with van der Waals surface area (Å²) in [5.74, 6) is -0.781. The number of carboxylic acids is 1. The van der Waals surface area contributed by atoms with E-state index >= 15 is 0 Å². The van der Waals surface area contributed by atoms with Gasteiger partial charge in [0.05, 0.1) is 0 Å². The van der Waals surface area contributed by atoms with E-state index in [2.05, 4.69) is 26.0 Å². The average molecular weight is 221 g/mol. The number of nitrogens with two attached hydrogens (primary N) is 1. The molecule has 0 saturated carbocycles. The molecule has 16 heavy (non-hydrogen) atoms. The minimum Gasteiger partial charge on any atom is -0.481 e. The summed E-state index contributed by atoms with van der Waals surface area (Å²) in [4.78, 5) is 10.4. The Hall–Kier alpha value is -1.35. The number of aryl methyl sites for hydroxylation is 1. The third-order valence-electron chi connectivity index (χ3n) is 2.93. The minimum atomic E-state index is -0.781. The van der Waals surface area contributed by atoms with E-state index < -0.39 is 5.97 Å². The van der Waals surface area contributed by atoms with Crippen molar-refractivity contribution >= 4 is 5.97 Å². The molecule has 0 fully saturated rings. The topological polar surface area (TPSA) is 63.3 Å². The average Bonchev–Trinajstić information content (AvgIpc) is 2.22. The lowest BCUT2D eigenvalue weighted by molar-refractivity contribution is -0.137. The van der Waals surface area contributed by atoms with Crippen molar-refractivity contribution in [2.75, 3.05) is 0 Å². The van der Waals surface area contributed by atoms with Crippen molar-refractivity contribution in [1.29, 1.82) is 0 Å². The fourth-order valence-electron chi connectivity index (χ4n) is 1.73. The molecule has 0 radical (unpaired) electrons. The molecule has 1 aromatic rings. The van der Waals surface area contributed by atoms with Gasteiger partial charge in [-0.3, -0.25) is 4.79 Å². The van der Waals surface area contributed by atoms with Crippen LogP contribution in [0.3, 0.4) is 0 Å². The van der Waals surface area contributed by atoms with Crippen LogP contribution in [0.5, 0.6) is 0 Å². The molecular formula is C13H19NO2. The Morgan fingerprint density at radius 1 is 1.44 bits per heavy atom. The fourth-order valence-corrected chi connectivity index (χ4v) is 1.73. The van der Waals surface area contributed by atoms with Gasteiger partial charge in [0.1, 0.15) is 0 Å². The first-order chi connectivity index (χ1) is 7.50. The van der Waals surface area contributed by atoms with E-state index in [1.807, 2.05) is 6.07 Å². The van der Waals surface area contributed by atoms with Gasteiger partial charge in [-0.1, -0.05) is 18.2 Å². The first-order valence-corrected chi connectivity index (χ1v) is 5.53. The molecular weight excluding hydrogens is 202 g/mol. The molecule has 0 saturated heterocycles. The number of carbonyl (C=O) groups is 1. The highest BCUT2D eigenvalue weighted by Crippen LogP contribution is 2.15. The molecule has 0 spiro atoms. The zero-order valence-electron chi connectivity index (χ0n) is 9.86. The Balaban J connectivity index is 2.59. The van der Waals surface area contributed by atoms with Crippen LogP contribution in [-0.2, 0) is 11.2 Å². The molecule has 3 nitrogen and oxygen atoms in total. The first kappa shape index (κ1) is 12.7. The van der Waals surface area contributed by atoms with Gasteiger partial charge < -0.3 is 10.8 Å². The number of carboxylic acid groups (broad SMARTS) is 1. The van der Waals surface area contributed by atoms with Crippen LogP contribution in [0.1, 0.15) is 29.5 Å². The summed E-state index contributed by atoms with van der Waals surface area (Å²) >= 11 is 0. The number of aliphatic carboxylic acids is 1. The van der Waals surface area contributed by atoms with Crippen molar-refractivity contribution < 1.29 is 9.90 Å². The largest absolute Gasteiger partial charge is 0.481 e.